The number of hydrogen-bond acceptors (Lipinski definition) is 2. The lowest BCUT2D eigenvalue weighted by Crippen LogP contribution is -2.23. The van der Waals surface area contributed by atoms with Gasteiger partial charge in [-0.15, -0.1) is 12.3 Å². The largest absolute Gasteiger partial charge is 0.353 e. The third-order valence-electron chi connectivity index (χ3n) is 3.54. The van der Waals surface area contributed by atoms with E-state index >= 15 is 0 Å². The van der Waals surface area contributed by atoms with E-state index in [9.17, 15) is 0 Å². The van der Waals surface area contributed by atoms with Gasteiger partial charge in [0.1, 0.15) is 0 Å². The van der Waals surface area contributed by atoms with Gasteiger partial charge in [0, 0.05) is 13.0 Å². The fraction of sp³-hybridized carbons (Fsp3) is 0.529. The van der Waals surface area contributed by atoms with Crippen LogP contribution in [0.3, 0.4) is 0 Å². The molecule has 0 bridgehead atoms. The monoisotopic (exact) mass is 258 g/mol. The molecular formula is C17H22O2. The standard InChI is InChI=1S/C17H22O2/c1-2-8-15(16-9-4-3-5-10-16)12-14-19-17-11-6-7-13-18-17/h1,3-5,9-10,15,17H,6-8,11-14H2. The normalized spacial score (nSPS) is 20.7. The van der Waals surface area contributed by atoms with E-state index in [1.165, 1.54) is 12.0 Å². The van der Waals surface area contributed by atoms with Crippen molar-refractivity contribution in [2.24, 2.45) is 0 Å². The Kier molecular flexibility index (Phi) is 5.94. The summed E-state index contributed by atoms with van der Waals surface area (Å²) in [7, 11) is 0. The quantitative estimate of drug-likeness (QED) is 0.724. The van der Waals surface area contributed by atoms with Gasteiger partial charge in [0.05, 0.1) is 6.61 Å². The molecule has 2 rings (SSSR count). The van der Waals surface area contributed by atoms with Crippen LogP contribution in [0.2, 0.25) is 0 Å². The van der Waals surface area contributed by atoms with Gasteiger partial charge in [-0.25, -0.2) is 0 Å². The summed E-state index contributed by atoms with van der Waals surface area (Å²) in [5, 5.41) is 0. The maximum absolute atomic E-state index is 5.79. The predicted octanol–water partition coefficient (Wildman–Crippen LogP) is 3.73. The van der Waals surface area contributed by atoms with Crippen molar-refractivity contribution in [1.82, 2.24) is 0 Å². The smallest absolute Gasteiger partial charge is 0.157 e. The molecular weight excluding hydrogens is 236 g/mol. The van der Waals surface area contributed by atoms with Gasteiger partial charge >= 0.3 is 0 Å². The summed E-state index contributed by atoms with van der Waals surface area (Å²) in [5.41, 5.74) is 1.30. The summed E-state index contributed by atoms with van der Waals surface area (Å²) < 4.78 is 11.4. The zero-order valence-corrected chi connectivity index (χ0v) is 11.4. The first-order valence-corrected chi connectivity index (χ1v) is 7.12. The Bertz CT molecular complexity index is 387. The number of hydrogen-bond donors (Lipinski definition) is 0. The van der Waals surface area contributed by atoms with Gasteiger partial charge in [-0.05, 0) is 37.2 Å². The van der Waals surface area contributed by atoms with Crippen LogP contribution in [0.25, 0.3) is 0 Å². The first-order valence-electron chi connectivity index (χ1n) is 7.12. The summed E-state index contributed by atoms with van der Waals surface area (Å²) in [6.07, 6.45) is 10.6. The van der Waals surface area contributed by atoms with Gasteiger partial charge in [0.15, 0.2) is 6.29 Å². The Morgan fingerprint density at radius 3 is 2.84 bits per heavy atom. The van der Waals surface area contributed by atoms with Crippen molar-refractivity contribution in [2.45, 2.75) is 44.3 Å². The Morgan fingerprint density at radius 1 is 1.32 bits per heavy atom. The van der Waals surface area contributed by atoms with E-state index in [0.717, 1.165) is 32.3 Å². The number of rotatable bonds is 6. The van der Waals surface area contributed by atoms with E-state index in [1.54, 1.807) is 0 Å². The molecule has 2 nitrogen and oxygen atoms in total. The molecule has 1 aliphatic rings. The molecule has 0 saturated carbocycles. The third-order valence-corrected chi connectivity index (χ3v) is 3.54. The molecule has 2 heteroatoms. The molecule has 1 aliphatic heterocycles. The molecule has 0 amide bonds. The number of terminal acetylenes is 1. The zero-order valence-electron chi connectivity index (χ0n) is 11.4. The van der Waals surface area contributed by atoms with Crippen LogP contribution in [-0.2, 0) is 9.47 Å². The third kappa shape index (κ3) is 4.70. The van der Waals surface area contributed by atoms with Crippen LogP contribution in [0.4, 0.5) is 0 Å². The molecule has 1 saturated heterocycles. The number of benzene rings is 1. The minimum Gasteiger partial charge on any atom is -0.353 e. The zero-order chi connectivity index (χ0) is 13.3. The Hall–Kier alpha value is -1.30. The van der Waals surface area contributed by atoms with Crippen LogP contribution in [-0.4, -0.2) is 19.5 Å². The van der Waals surface area contributed by atoms with Gasteiger partial charge < -0.3 is 9.47 Å². The minimum absolute atomic E-state index is 0.00370. The van der Waals surface area contributed by atoms with Crippen LogP contribution in [0.1, 0.15) is 43.6 Å². The summed E-state index contributed by atoms with van der Waals surface area (Å²) in [5.74, 6) is 3.15. The van der Waals surface area contributed by atoms with Crippen molar-refractivity contribution >= 4 is 0 Å². The fourth-order valence-corrected chi connectivity index (χ4v) is 2.44. The van der Waals surface area contributed by atoms with Crippen LogP contribution >= 0.6 is 0 Å². The lowest BCUT2D eigenvalue weighted by Gasteiger charge is -2.23. The molecule has 2 unspecified atom stereocenters. The average molecular weight is 258 g/mol. The topological polar surface area (TPSA) is 18.5 Å². The van der Waals surface area contributed by atoms with Crippen LogP contribution < -0.4 is 0 Å². The van der Waals surface area contributed by atoms with Crippen molar-refractivity contribution in [3.8, 4) is 12.3 Å². The molecule has 102 valence electrons. The molecule has 1 aromatic rings. The summed E-state index contributed by atoms with van der Waals surface area (Å²) in [4.78, 5) is 0. The van der Waals surface area contributed by atoms with Crippen LogP contribution in [0.5, 0.6) is 0 Å². The molecule has 0 aliphatic carbocycles. The highest BCUT2D eigenvalue weighted by Crippen LogP contribution is 2.23. The second-order valence-corrected chi connectivity index (χ2v) is 4.97. The molecule has 0 radical (unpaired) electrons. The van der Waals surface area contributed by atoms with Crippen LogP contribution in [0.15, 0.2) is 30.3 Å². The van der Waals surface area contributed by atoms with E-state index < -0.39 is 0 Å². The fourth-order valence-electron chi connectivity index (χ4n) is 2.44. The van der Waals surface area contributed by atoms with Gasteiger partial charge in [-0.2, -0.15) is 0 Å². The second-order valence-electron chi connectivity index (χ2n) is 4.97. The Morgan fingerprint density at radius 2 is 2.16 bits per heavy atom. The van der Waals surface area contributed by atoms with E-state index in [4.69, 9.17) is 15.9 Å². The molecule has 0 aromatic heterocycles. The minimum atomic E-state index is -0.00370. The average Bonchev–Trinajstić information content (AvgIpc) is 2.48. The summed E-state index contributed by atoms with van der Waals surface area (Å²) >= 11 is 0. The molecule has 0 N–H and O–H groups in total. The molecule has 1 aromatic carbocycles. The first kappa shape index (κ1) is 14.1. The summed E-state index contributed by atoms with van der Waals surface area (Å²) in [6, 6.07) is 10.4. The highest BCUT2D eigenvalue weighted by Gasteiger charge is 2.15. The predicted molar refractivity (Wildman–Crippen MR) is 76.8 cm³/mol. The molecule has 19 heavy (non-hydrogen) atoms. The lowest BCUT2D eigenvalue weighted by atomic mass is 9.93. The Labute approximate surface area is 116 Å². The SMILES string of the molecule is C#CCC(CCOC1CCCCO1)c1ccccc1. The van der Waals surface area contributed by atoms with Crippen molar-refractivity contribution in [2.75, 3.05) is 13.2 Å². The maximum Gasteiger partial charge on any atom is 0.157 e. The Balaban J connectivity index is 1.79. The van der Waals surface area contributed by atoms with Gasteiger partial charge in [-0.3, -0.25) is 0 Å². The van der Waals surface area contributed by atoms with E-state index in [0.29, 0.717) is 12.5 Å². The van der Waals surface area contributed by atoms with E-state index in [2.05, 4.69) is 30.2 Å². The van der Waals surface area contributed by atoms with Crippen LogP contribution in [0, 0.1) is 12.3 Å². The highest BCUT2D eigenvalue weighted by molar-refractivity contribution is 5.20. The molecule has 0 spiro atoms. The number of ether oxygens (including phenoxy) is 2. The maximum atomic E-state index is 5.79. The van der Waals surface area contributed by atoms with Gasteiger partial charge in [-0.1, -0.05) is 30.3 Å². The van der Waals surface area contributed by atoms with Crippen molar-refractivity contribution < 1.29 is 9.47 Å². The van der Waals surface area contributed by atoms with Gasteiger partial charge in [0.25, 0.3) is 0 Å². The van der Waals surface area contributed by atoms with Crippen molar-refractivity contribution in [3.63, 3.8) is 0 Å². The molecule has 1 heterocycles. The van der Waals surface area contributed by atoms with Crippen molar-refractivity contribution in [3.05, 3.63) is 35.9 Å². The summed E-state index contributed by atoms with van der Waals surface area (Å²) in [6.45, 7) is 1.54. The van der Waals surface area contributed by atoms with Gasteiger partial charge in [0.2, 0.25) is 0 Å². The lowest BCUT2D eigenvalue weighted by molar-refractivity contribution is -0.163. The molecule has 1 fully saturated rings. The highest BCUT2D eigenvalue weighted by atomic mass is 16.7. The van der Waals surface area contributed by atoms with E-state index in [1.807, 2.05) is 6.07 Å². The first-order chi connectivity index (χ1) is 9.40. The van der Waals surface area contributed by atoms with Crippen molar-refractivity contribution in [1.29, 1.82) is 0 Å². The van der Waals surface area contributed by atoms with E-state index in [-0.39, 0.29) is 6.29 Å². The second kappa shape index (κ2) is 7.99. The molecule has 2 atom stereocenters.